The number of nitrogens with zero attached hydrogens (tertiary/aromatic N) is 1. The second-order valence-corrected chi connectivity index (χ2v) is 7.51. The summed E-state index contributed by atoms with van der Waals surface area (Å²) in [5.41, 5.74) is 4.58. The zero-order valence-corrected chi connectivity index (χ0v) is 13.3. The van der Waals surface area contributed by atoms with Crippen molar-refractivity contribution in [2.24, 2.45) is 11.8 Å². The first-order valence-corrected chi connectivity index (χ1v) is 8.53. The fourth-order valence-electron chi connectivity index (χ4n) is 2.96. The zero-order valence-electron chi connectivity index (χ0n) is 12.5. The van der Waals surface area contributed by atoms with E-state index in [0.29, 0.717) is 34.8 Å². The minimum Gasteiger partial charge on any atom is -0.396 e. The lowest BCUT2D eigenvalue weighted by atomic mass is 10.0. The van der Waals surface area contributed by atoms with E-state index in [1.807, 2.05) is 0 Å². The van der Waals surface area contributed by atoms with Crippen LogP contribution in [0.3, 0.4) is 0 Å². The van der Waals surface area contributed by atoms with Gasteiger partial charge in [0.15, 0.2) is 0 Å². The van der Waals surface area contributed by atoms with Crippen LogP contribution in [0.4, 0.5) is 5.69 Å². The molecule has 1 atom stereocenters. The van der Waals surface area contributed by atoms with Crippen LogP contribution in [-0.2, 0) is 10.0 Å². The predicted molar refractivity (Wildman–Crippen MR) is 82.3 cm³/mol. The summed E-state index contributed by atoms with van der Waals surface area (Å²) < 4.78 is 27.3. The van der Waals surface area contributed by atoms with Gasteiger partial charge in [-0.25, -0.2) is 8.42 Å². The fourth-order valence-corrected chi connectivity index (χ4v) is 4.93. The molecule has 0 radical (unpaired) electrons. The molecule has 0 aromatic heterocycles. The van der Waals surface area contributed by atoms with Crippen LogP contribution in [0.25, 0.3) is 0 Å². The maximum absolute atomic E-state index is 12.9. The summed E-state index contributed by atoms with van der Waals surface area (Å²) in [7, 11) is -3.54. The lowest BCUT2D eigenvalue weighted by molar-refractivity contribution is 0.165. The van der Waals surface area contributed by atoms with Crippen LogP contribution in [0.1, 0.15) is 24.0 Å². The molecule has 0 bridgehead atoms. The Kier molecular flexibility index (Phi) is 4.88. The van der Waals surface area contributed by atoms with Gasteiger partial charge in [-0.15, -0.1) is 0 Å². The van der Waals surface area contributed by atoms with Gasteiger partial charge in [0.25, 0.3) is 0 Å². The molecule has 1 aromatic carbocycles. The second-order valence-electron chi connectivity index (χ2n) is 5.64. The van der Waals surface area contributed by atoms with Crippen molar-refractivity contribution in [3.8, 4) is 0 Å². The van der Waals surface area contributed by atoms with E-state index in [9.17, 15) is 13.5 Å². The summed E-state index contributed by atoms with van der Waals surface area (Å²) in [4.78, 5) is 0.347. The van der Waals surface area contributed by atoms with E-state index >= 15 is 0 Å². The van der Waals surface area contributed by atoms with Gasteiger partial charge in [-0.3, -0.25) is 5.84 Å². The van der Waals surface area contributed by atoms with E-state index in [1.165, 1.54) is 4.31 Å². The van der Waals surface area contributed by atoms with Gasteiger partial charge in [0, 0.05) is 25.4 Å². The Bertz CT molecular complexity index is 593. The number of rotatable bonds is 4. The molecule has 1 aliphatic heterocycles. The Labute approximate surface area is 126 Å². The molecular formula is C14H23N3O3S. The molecule has 1 unspecified atom stereocenters. The van der Waals surface area contributed by atoms with Crippen molar-refractivity contribution in [1.29, 1.82) is 0 Å². The lowest BCUT2D eigenvalue weighted by Crippen LogP contribution is -2.41. The number of aliphatic hydroxyl groups excluding tert-OH is 1. The van der Waals surface area contributed by atoms with Gasteiger partial charge in [-0.05, 0) is 55.9 Å². The standard InChI is InChI=1S/C14H23N3O3S/c1-10-6-13(16-15)7-11(2)14(10)21(19,20)17-5-3-4-12(8-17)9-18/h6-7,12,16,18H,3-5,8-9,15H2,1-2H3. The van der Waals surface area contributed by atoms with Crippen LogP contribution >= 0.6 is 0 Å². The van der Waals surface area contributed by atoms with Crippen LogP contribution in [0, 0.1) is 19.8 Å². The van der Waals surface area contributed by atoms with Crippen molar-refractivity contribution in [2.45, 2.75) is 31.6 Å². The van der Waals surface area contributed by atoms with E-state index in [1.54, 1.807) is 26.0 Å². The first-order chi connectivity index (χ1) is 9.90. The first kappa shape index (κ1) is 16.2. The molecule has 0 aliphatic carbocycles. The van der Waals surface area contributed by atoms with Crippen molar-refractivity contribution < 1.29 is 13.5 Å². The Hall–Kier alpha value is -1.15. The van der Waals surface area contributed by atoms with Crippen molar-refractivity contribution in [3.05, 3.63) is 23.3 Å². The molecule has 0 spiro atoms. The highest BCUT2D eigenvalue weighted by molar-refractivity contribution is 7.89. The van der Waals surface area contributed by atoms with Crippen LogP contribution in [0.15, 0.2) is 17.0 Å². The Morgan fingerprint density at radius 3 is 2.52 bits per heavy atom. The van der Waals surface area contributed by atoms with Crippen molar-refractivity contribution in [3.63, 3.8) is 0 Å². The summed E-state index contributed by atoms with van der Waals surface area (Å²) in [5.74, 6) is 5.42. The predicted octanol–water partition coefficient (Wildman–Crippen LogP) is 0.982. The fraction of sp³-hybridized carbons (Fsp3) is 0.571. The summed E-state index contributed by atoms with van der Waals surface area (Å²) in [5, 5.41) is 9.28. The molecule has 4 N–H and O–H groups in total. The third-order valence-electron chi connectivity index (χ3n) is 3.96. The number of sulfonamides is 1. The van der Waals surface area contributed by atoms with Gasteiger partial charge in [-0.2, -0.15) is 4.31 Å². The molecule has 2 rings (SSSR count). The van der Waals surface area contributed by atoms with Gasteiger partial charge >= 0.3 is 0 Å². The normalized spacial score (nSPS) is 20.5. The summed E-state index contributed by atoms with van der Waals surface area (Å²) in [6.07, 6.45) is 1.65. The molecule has 118 valence electrons. The van der Waals surface area contributed by atoms with E-state index in [0.717, 1.165) is 12.8 Å². The zero-order chi connectivity index (χ0) is 15.6. The highest BCUT2D eigenvalue weighted by Crippen LogP contribution is 2.29. The Balaban J connectivity index is 2.40. The number of piperidine rings is 1. The molecule has 1 saturated heterocycles. The minimum absolute atomic E-state index is 0.0270. The minimum atomic E-state index is -3.54. The molecule has 1 heterocycles. The maximum Gasteiger partial charge on any atom is 0.243 e. The molecule has 1 aromatic rings. The lowest BCUT2D eigenvalue weighted by Gasteiger charge is -2.31. The van der Waals surface area contributed by atoms with Gasteiger partial charge in [0.1, 0.15) is 0 Å². The average molecular weight is 313 g/mol. The molecular weight excluding hydrogens is 290 g/mol. The molecule has 6 nitrogen and oxygen atoms in total. The first-order valence-electron chi connectivity index (χ1n) is 7.09. The Morgan fingerprint density at radius 1 is 1.38 bits per heavy atom. The Morgan fingerprint density at radius 2 is 2.00 bits per heavy atom. The van der Waals surface area contributed by atoms with Gasteiger partial charge in [0.05, 0.1) is 4.90 Å². The van der Waals surface area contributed by atoms with Crippen LogP contribution in [0.2, 0.25) is 0 Å². The van der Waals surface area contributed by atoms with Crippen LogP contribution in [0.5, 0.6) is 0 Å². The number of hydrogen-bond donors (Lipinski definition) is 3. The summed E-state index contributed by atoms with van der Waals surface area (Å²) in [6, 6.07) is 3.46. The number of hydrazine groups is 1. The number of nitrogen functional groups attached to an aromatic ring is 1. The summed E-state index contributed by atoms with van der Waals surface area (Å²) >= 11 is 0. The molecule has 7 heteroatoms. The third kappa shape index (κ3) is 3.21. The van der Waals surface area contributed by atoms with E-state index in [4.69, 9.17) is 5.84 Å². The molecule has 1 aliphatic rings. The van der Waals surface area contributed by atoms with Crippen molar-refractivity contribution in [1.82, 2.24) is 4.31 Å². The van der Waals surface area contributed by atoms with Crippen molar-refractivity contribution >= 4 is 15.7 Å². The van der Waals surface area contributed by atoms with Gasteiger partial charge in [0.2, 0.25) is 10.0 Å². The SMILES string of the molecule is Cc1cc(NN)cc(C)c1S(=O)(=O)N1CCCC(CO)C1. The molecule has 1 fully saturated rings. The molecule has 0 amide bonds. The van der Waals surface area contributed by atoms with E-state index < -0.39 is 10.0 Å². The van der Waals surface area contributed by atoms with E-state index in [-0.39, 0.29) is 12.5 Å². The number of aryl methyl sites for hydroxylation is 2. The maximum atomic E-state index is 12.9. The van der Waals surface area contributed by atoms with Crippen molar-refractivity contribution in [2.75, 3.05) is 25.1 Å². The topological polar surface area (TPSA) is 95.7 Å². The highest BCUT2D eigenvalue weighted by atomic mass is 32.2. The van der Waals surface area contributed by atoms with Gasteiger partial charge < -0.3 is 10.5 Å². The number of anilines is 1. The number of nitrogens with one attached hydrogen (secondary N) is 1. The number of nitrogens with two attached hydrogens (primary N) is 1. The smallest absolute Gasteiger partial charge is 0.243 e. The second kappa shape index (κ2) is 6.31. The van der Waals surface area contributed by atoms with E-state index in [2.05, 4.69) is 5.43 Å². The van der Waals surface area contributed by atoms with Crippen LogP contribution < -0.4 is 11.3 Å². The summed E-state index contributed by atoms with van der Waals surface area (Å²) in [6.45, 7) is 4.46. The third-order valence-corrected chi connectivity index (χ3v) is 6.14. The number of hydrogen-bond acceptors (Lipinski definition) is 5. The quantitative estimate of drug-likeness (QED) is 0.569. The molecule has 21 heavy (non-hydrogen) atoms. The number of benzene rings is 1. The van der Waals surface area contributed by atoms with Crippen LogP contribution in [-0.4, -0.2) is 37.5 Å². The monoisotopic (exact) mass is 313 g/mol. The largest absolute Gasteiger partial charge is 0.396 e. The average Bonchev–Trinajstić information content (AvgIpc) is 2.46. The number of aliphatic hydroxyl groups is 1. The molecule has 0 saturated carbocycles. The van der Waals surface area contributed by atoms with Gasteiger partial charge in [-0.1, -0.05) is 0 Å². The highest BCUT2D eigenvalue weighted by Gasteiger charge is 2.32.